The summed E-state index contributed by atoms with van der Waals surface area (Å²) < 4.78 is 0. The van der Waals surface area contributed by atoms with Crippen molar-refractivity contribution in [1.82, 2.24) is 0 Å². The third-order valence-electron chi connectivity index (χ3n) is 2.70. The Morgan fingerprint density at radius 3 is 2.31 bits per heavy atom. The van der Waals surface area contributed by atoms with Crippen molar-refractivity contribution in [3.63, 3.8) is 0 Å². The van der Waals surface area contributed by atoms with Gasteiger partial charge in [-0.1, -0.05) is 44.9 Å². The predicted molar refractivity (Wildman–Crippen MR) is 52.7 cm³/mol. The predicted octanol–water partition coefficient (Wildman–Crippen LogP) is 3.21. The van der Waals surface area contributed by atoms with Crippen LogP contribution in [0.4, 0.5) is 0 Å². The second-order valence-corrected chi connectivity index (χ2v) is 4.14. The number of aliphatic carboxylic acids is 1. The van der Waals surface area contributed by atoms with E-state index in [0.29, 0.717) is 6.42 Å². The lowest BCUT2D eigenvalue weighted by molar-refractivity contribution is -0.137. The molecule has 2 nitrogen and oxygen atoms in total. The van der Waals surface area contributed by atoms with E-state index in [-0.39, 0.29) is 0 Å². The molecule has 0 aromatic carbocycles. The standard InChI is InChI=1S/C11H20O2/c12-11(13)7-5-3-1-2-4-6-10-8-9-10/h10H,1-9H2,(H,12,13). The van der Waals surface area contributed by atoms with Gasteiger partial charge in [-0.15, -0.1) is 0 Å². The Bertz CT molecular complexity index is 150. The summed E-state index contributed by atoms with van der Waals surface area (Å²) >= 11 is 0. The SMILES string of the molecule is O=C(O)CCCCCCCC1CC1. The summed E-state index contributed by atoms with van der Waals surface area (Å²) in [5.74, 6) is 0.400. The van der Waals surface area contributed by atoms with E-state index >= 15 is 0 Å². The molecular formula is C11H20O2. The van der Waals surface area contributed by atoms with E-state index in [1.54, 1.807) is 0 Å². The van der Waals surface area contributed by atoms with Crippen molar-refractivity contribution in [2.24, 2.45) is 5.92 Å². The van der Waals surface area contributed by atoms with Gasteiger partial charge in [-0.2, -0.15) is 0 Å². The lowest BCUT2D eigenvalue weighted by Gasteiger charge is -1.99. The zero-order valence-corrected chi connectivity index (χ0v) is 8.30. The molecule has 2 heteroatoms. The number of rotatable bonds is 8. The van der Waals surface area contributed by atoms with E-state index in [2.05, 4.69) is 0 Å². The van der Waals surface area contributed by atoms with Gasteiger partial charge in [-0.25, -0.2) is 0 Å². The summed E-state index contributed by atoms with van der Waals surface area (Å²) in [6.45, 7) is 0. The van der Waals surface area contributed by atoms with Gasteiger partial charge in [-0.3, -0.25) is 4.79 Å². The monoisotopic (exact) mass is 184 g/mol. The molecule has 1 N–H and O–H groups in total. The summed E-state index contributed by atoms with van der Waals surface area (Å²) in [4.78, 5) is 10.2. The second-order valence-electron chi connectivity index (χ2n) is 4.14. The van der Waals surface area contributed by atoms with Crippen LogP contribution in [0, 0.1) is 5.92 Å². The maximum Gasteiger partial charge on any atom is 0.303 e. The topological polar surface area (TPSA) is 37.3 Å². The Kier molecular flexibility index (Phi) is 4.87. The number of unbranched alkanes of at least 4 members (excludes halogenated alkanes) is 4. The van der Waals surface area contributed by atoms with Gasteiger partial charge >= 0.3 is 5.97 Å². The molecule has 0 heterocycles. The van der Waals surface area contributed by atoms with Gasteiger partial charge in [-0.05, 0) is 12.3 Å². The Hall–Kier alpha value is -0.530. The van der Waals surface area contributed by atoms with Crippen LogP contribution < -0.4 is 0 Å². The van der Waals surface area contributed by atoms with Crippen LogP contribution in [0.25, 0.3) is 0 Å². The third-order valence-corrected chi connectivity index (χ3v) is 2.70. The molecule has 0 aromatic rings. The molecule has 0 spiro atoms. The first-order valence-electron chi connectivity index (χ1n) is 5.51. The fraction of sp³-hybridized carbons (Fsp3) is 0.909. The molecule has 0 amide bonds. The Balaban J connectivity index is 1.70. The van der Waals surface area contributed by atoms with E-state index in [4.69, 9.17) is 5.11 Å². The normalized spacial score (nSPS) is 16.0. The van der Waals surface area contributed by atoms with Crippen LogP contribution in [0.3, 0.4) is 0 Å². The van der Waals surface area contributed by atoms with Crippen molar-refractivity contribution >= 4 is 5.97 Å². The van der Waals surface area contributed by atoms with Crippen LogP contribution in [-0.2, 0) is 4.79 Å². The van der Waals surface area contributed by atoms with Gasteiger partial charge in [0.05, 0.1) is 0 Å². The molecule has 1 aliphatic carbocycles. The van der Waals surface area contributed by atoms with Crippen molar-refractivity contribution in [3.05, 3.63) is 0 Å². The molecule has 1 aliphatic rings. The zero-order valence-electron chi connectivity index (χ0n) is 8.30. The number of hydrogen-bond donors (Lipinski definition) is 1. The van der Waals surface area contributed by atoms with Crippen LogP contribution in [0.2, 0.25) is 0 Å². The fourth-order valence-corrected chi connectivity index (χ4v) is 1.65. The quantitative estimate of drug-likeness (QED) is 0.588. The van der Waals surface area contributed by atoms with Gasteiger partial charge in [0.25, 0.3) is 0 Å². The molecular weight excluding hydrogens is 164 g/mol. The van der Waals surface area contributed by atoms with E-state index < -0.39 is 5.97 Å². The highest BCUT2D eigenvalue weighted by molar-refractivity contribution is 5.66. The first kappa shape index (κ1) is 10.6. The molecule has 0 unspecified atom stereocenters. The average molecular weight is 184 g/mol. The minimum absolute atomic E-state index is 0.350. The van der Waals surface area contributed by atoms with Gasteiger partial charge in [0.1, 0.15) is 0 Å². The lowest BCUT2D eigenvalue weighted by atomic mass is 10.1. The summed E-state index contributed by atoms with van der Waals surface area (Å²) in [6, 6.07) is 0. The zero-order chi connectivity index (χ0) is 9.52. The second kappa shape index (κ2) is 6.01. The molecule has 1 rings (SSSR count). The highest BCUT2D eigenvalue weighted by Crippen LogP contribution is 2.34. The highest BCUT2D eigenvalue weighted by Gasteiger charge is 2.19. The number of carboxylic acid groups (broad SMARTS) is 1. The third kappa shape index (κ3) is 6.62. The number of carboxylic acids is 1. The maximum atomic E-state index is 10.2. The van der Waals surface area contributed by atoms with Gasteiger partial charge in [0.2, 0.25) is 0 Å². The van der Waals surface area contributed by atoms with Crippen molar-refractivity contribution in [3.8, 4) is 0 Å². The van der Waals surface area contributed by atoms with Gasteiger partial charge in [0, 0.05) is 6.42 Å². The van der Waals surface area contributed by atoms with Crippen LogP contribution in [-0.4, -0.2) is 11.1 Å². The summed E-state index contributed by atoms with van der Waals surface area (Å²) in [5.41, 5.74) is 0. The minimum atomic E-state index is -0.655. The molecule has 13 heavy (non-hydrogen) atoms. The van der Waals surface area contributed by atoms with Gasteiger partial charge in [0.15, 0.2) is 0 Å². The Labute approximate surface area is 80.3 Å². The number of hydrogen-bond acceptors (Lipinski definition) is 1. The fourth-order valence-electron chi connectivity index (χ4n) is 1.65. The van der Waals surface area contributed by atoms with Crippen molar-refractivity contribution < 1.29 is 9.90 Å². The summed E-state index contributed by atoms with van der Waals surface area (Å²) in [6.07, 6.45) is 10.5. The molecule has 0 bridgehead atoms. The first-order chi connectivity index (χ1) is 6.29. The maximum absolute atomic E-state index is 10.2. The molecule has 0 aliphatic heterocycles. The van der Waals surface area contributed by atoms with Gasteiger partial charge < -0.3 is 5.11 Å². The van der Waals surface area contributed by atoms with Crippen molar-refractivity contribution in [2.45, 2.75) is 57.8 Å². The van der Waals surface area contributed by atoms with E-state index in [1.165, 1.54) is 38.5 Å². The molecule has 1 saturated carbocycles. The molecule has 76 valence electrons. The van der Waals surface area contributed by atoms with Crippen LogP contribution >= 0.6 is 0 Å². The molecule has 0 aromatic heterocycles. The van der Waals surface area contributed by atoms with Crippen LogP contribution in [0.15, 0.2) is 0 Å². The lowest BCUT2D eigenvalue weighted by Crippen LogP contribution is -1.93. The van der Waals surface area contributed by atoms with E-state index in [1.807, 2.05) is 0 Å². The van der Waals surface area contributed by atoms with Crippen molar-refractivity contribution in [1.29, 1.82) is 0 Å². The van der Waals surface area contributed by atoms with Crippen molar-refractivity contribution in [2.75, 3.05) is 0 Å². The molecule has 0 saturated heterocycles. The number of carbonyl (C=O) groups is 1. The minimum Gasteiger partial charge on any atom is -0.481 e. The summed E-state index contributed by atoms with van der Waals surface area (Å²) in [7, 11) is 0. The Morgan fingerprint density at radius 2 is 1.69 bits per heavy atom. The smallest absolute Gasteiger partial charge is 0.303 e. The Morgan fingerprint density at radius 1 is 1.08 bits per heavy atom. The highest BCUT2D eigenvalue weighted by atomic mass is 16.4. The first-order valence-corrected chi connectivity index (χ1v) is 5.51. The van der Waals surface area contributed by atoms with Crippen LogP contribution in [0.1, 0.15) is 57.8 Å². The van der Waals surface area contributed by atoms with E-state index in [9.17, 15) is 4.79 Å². The molecule has 0 atom stereocenters. The molecule has 1 fully saturated rings. The van der Waals surface area contributed by atoms with E-state index in [0.717, 1.165) is 18.8 Å². The van der Waals surface area contributed by atoms with Crippen LogP contribution in [0.5, 0.6) is 0 Å². The average Bonchev–Trinajstić information content (AvgIpc) is 2.86. The largest absolute Gasteiger partial charge is 0.481 e. The summed E-state index contributed by atoms with van der Waals surface area (Å²) in [5, 5.41) is 8.40. The molecule has 0 radical (unpaired) electrons.